The fraction of sp³-hybridized carbons (Fsp3) is 0.533. The molecule has 3 atom stereocenters. The molecule has 3 aliphatic carbocycles. The molecular formula is C30H39N3O7. The largest absolute Gasteiger partial charge is 0.512 e. The van der Waals surface area contributed by atoms with Gasteiger partial charge in [-0.05, 0) is 86.7 Å². The molecule has 0 aromatic heterocycles. The Morgan fingerprint density at radius 3 is 2.48 bits per heavy atom. The van der Waals surface area contributed by atoms with Gasteiger partial charge in [0.1, 0.15) is 17.1 Å². The minimum absolute atomic E-state index is 0.0236. The molecule has 1 amide bonds. The molecule has 1 aliphatic heterocycles. The van der Waals surface area contributed by atoms with Crippen molar-refractivity contribution >= 4 is 17.3 Å². The molecule has 1 aromatic carbocycles. The molecule has 4 aliphatic rings. The van der Waals surface area contributed by atoms with Gasteiger partial charge in [-0.3, -0.25) is 19.4 Å². The highest BCUT2D eigenvalue weighted by atomic mass is 16.5. The van der Waals surface area contributed by atoms with Crippen molar-refractivity contribution in [1.82, 2.24) is 9.80 Å². The average Bonchev–Trinajstić information content (AvgIpc) is 3.68. The van der Waals surface area contributed by atoms with Crippen LogP contribution in [-0.4, -0.2) is 93.1 Å². The van der Waals surface area contributed by atoms with E-state index in [0.717, 1.165) is 48.7 Å². The van der Waals surface area contributed by atoms with E-state index in [-0.39, 0.29) is 35.0 Å². The second-order valence-corrected chi connectivity index (χ2v) is 11.9. The molecule has 10 nitrogen and oxygen atoms in total. The number of hydrogen-bond acceptors (Lipinski definition) is 9. The number of nitrogens with two attached hydrogens (primary N) is 1. The fourth-order valence-electron chi connectivity index (χ4n) is 6.91. The number of Topliss-reactive ketones (excluding diaryl/α,β-unsaturated/α-hetero) is 1. The summed E-state index contributed by atoms with van der Waals surface area (Å²) in [5.41, 5.74) is 7.97. The second kappa shape index (κ2) is 11.0. The van der Waals surface area contributed by atoms with Crippen LogP contribution in [0.3, 0.4) is 0 Å². The van der Waals surface area contributed by atoms with Gasteiger partial charge in [0.05, 0.1) is 17.4 Å². The number of rotatable bonds is 8. The number of primary amides is 1. The van der Waals surface area contributed by atoms with E-state index in [2.05, 4.69) is 11.0 Å². The molecule has 5 rings (SSSR count). The highest BCUT2D eigenvalue weighted by Gasteiger charge is 2.44. The van der Waals surface area contributed by atoms with Crippen LogP contribution in [-0.2, 0) is 11.2 Å². The Morgan fingerprint density at radius 1 is 1.18 bits per heavy atom. The molecule has 10 heteroatoms. The number of likely N-dealkylation sites (N-methyl/N-ethyl adjacent to an activating group) is 1. The van der Waals surface area contributed by atoms with Crippen LogP contribution in [0, 0.1) is 17.8 Å². The van der Waals surface area contributed by atoms with E-state index in [4.69, 9.17) is 5.73 Å². The van der Waals surface area contributed by atoms with Gasteiger partial charge in [-0.15, -0.1) is 0 Å². The number of aliphatic hydroxyl groups is 4. The number of benzene rings is 1. The van der Waals surface area contributed by atoms with E-state index in [1.54, 1.807) is 25.1 Å². The minimum Gasteiger partial charge on any atom is -0.512 e. The number of allylic oxidation sites excluding steroid dienone is 2. The van der Waals surface area contributed by atoms with Crippen LogP contribution in [0.2, 0.25) is 0 Å². The number of ketones is 1. The predicted molar refractivity (Wildman–Crippen MR) is 148 cm³/mol. The molecule has 216 valence electrons. The Labute approximate surface area is 233 Å². The number of aromatic hydroxyl groups is 1. The maximum Gasteiger partial charge on any atom is 0.253 e. The lowest BCUT2D eigenvalue weighted by molar-refractivity contribution is -0.118. The number of carbonyl (C=O) groups is 2. The van der Waals surface area contributed by atoms with Crippen molar-refractivity contribution in [1.29, 1.82) is 0 Å². The summed E-state index contributed by atoms with van der Waals surface area (Å²) in [7, 11) is 3.33. The standard InChI is InChI=1S/C30H39N3O7/c1-32(2)26(28(37)25(29(31)38)30(39)40)18-11-17-12-20-19(16-7-9-33(10-8-16)14-15-3-4-15)5-6-21(34)24(20)27(36)23(17)22(35)13-18/h5-7,15,17-18,26,30,34-35,37,39-40H,3-4,8-14H2,1-2H3,(H2,31,38)/b28-25+/t17?,18-,26+/m1/s1. The monoisotopic (exact) mass is 553 g/mol. The zero-order valence-corrected chi connectivity index (χ0v) is 23.0. The van der Waals surface area contributed by atoms with Crippen molar-refractivity contribution in [2.24, 2.45) is 23.5 Å². The number of aliphatic hydroxyl groups excluding tert-OH is 3. The Hall–Kier alpha value is -3.18. The maximum absolute atomic E-state index is 13.7. The van der Waals surface area contributed by atoms with Crippen molar-refractivity contribution in [3.63, 3.8) is 0 Å². The number of carbonyl (C=O) groups excluding carboxylic acids is 2. The zero-order valence-electron chi connectivity index (χ0n) is 23.0. The van der Waals surface area contributed by atoms with Gasteiger partial charge in [-0.25, -0.2) is 0 Å². The Morgan fingerprint density at radius 2 is 1.90 bits per heavy atom. The van der Waals surface area contributed by atoms with Gasteiger partial charge >= 0.3 is 0 Å². The summed E-state index contributed by atoms with van der Waals surface area (Å²) < 4.78 is 0. The quantitative estimate of drug-likeness (QED) is 0.160. The highest BCUT2D eigenvalue weighted by Crippen LogP contribution is 2.47. The summed E-state index contributed by atoms with van der Waals surface area (Å²) in [5, 5.41) is 52.2. The number of fused-ring (bicyclic) bond motifs is 2. The van der Waals surface area contributed by atoms with Gasteiger partial charge in [0.2, 0.25) is 0 Å². The Kier molecular flexibility index (Phi) is 7.80. The van der Waals surface area contributed by atoms with Gasteiger partial charge in [0.25, 0.3) is 5.91 Å². The van der Waals surface area contributed by atoms with Crippen LogP contribution < -0.4 is 5.73 Å². The predicted octanol–water partition coefficient (Wildman–Crippen LogP) is 2.01. The summed E-state index contributed by atoms with van der Waals surface area (Å²) in [5.74, 6) is -2.39. The molecule has 1 fully saturated rings. The normalized spacial score (nSPS) is 24.9. The molecule has 0 spiro atoms. The Bertz CT molecular complexity index is 1310. The van der Waals surface area contributed by atoms with Crippen LogP contribution in [0.1, 0.15) is 53.6 Å². The van der Waals surface area contributed by atoms with Crippen LogP contribution >= 0.6 is 0 Å². The third-order valence-electron chi connectivity index (χ3n) is 8.91. The molecule has 0 radical (unpaired) electrons. The topological polar surface area (TPSA) is 168 Å². The lowest BCUT2D eigenvalue weighted by Gasteiger charge is -2.40. The third kappa shape index (κ3) is 5.28. The lowest BCUT2D eigenvalue weighted by atomic mass is 9.67. The first-order valence-electron chi connectivity index (χ1n) is 14.0. The molecule has 7 N–H and O–H groups in total. The summed E-state index contributed by atoms with van der Waals surface area (Å²) in [6.07, 6.45) is 4.23. The van der Waals surface area contributed by atoms with Crippen LogP contribution in [0.15, 0.2) is 40.9 Å². The van der Waals surface area contributed by atoms with Gasteiger partial charge in [-0.1, -0.05) is 12.1 Å². The third-order valence-corrected chi connectivity index (χ3v) is 8.91. The summed E-state index contributed by atoms with van der Waals surface area (Å²) in [6.45, 7) is 2.91. The number of nitrogens with zero attached hydrogens (tertiary/aromatic N) is 2. The van der Waals surface area contributed by atoms with E-state index >= 15 is 0 Å². The lowest BCUT2D eigenvalue weighted by Crippen LogP contribution is -2.43. The number of phenols is 1. The van der Waals surface area contributed by atoms with Gasteiger partial charge in [0, 0.05) is 31.6 Å². The smallest absolute Gasteiger partial charge is 0.253 e. The van der Waals surface area contributed by atoms with Crippen molar-refractivity contribution < 1.29 is 35.1 Å². The average molecular weight is 554 g/mol. The highest BCUT2D eigenvalue weighted by molar-refractivity contribution is 6.14. The number of phenolic OH excluding ortho intramolecular Hbond substituents is 1. The number of hydrogen-bond donors (Lipinski definition) is 6. The first-order valence-corrected chi connectivity index (χ1v) is 14.0. The summed E-state index contributed by atoms with van der Waals surface area (Å²) in [4.78, 5) is 29.7. The Balaban J connectivity index is 1.48. The van der Waals surface area contributed by atoms with E-state index in [0.29, 0.717) is 12.8 Å². The molecule has 1 aromatic rings. The van der Waals surface area contributed by atoms with Crippen molar-refractivity contribution in [2.45, 2.75) is 50.9 Å². The molecule has 40 heavy (non-hydrogen) atoms. The second-order valence-electron chi connectivity index (χ2n) is 11.9. The number of amides is 1. The molecule has 1 unspecified atom stereocenters. The fourth-order valence-corrected chi connectivity index (χ4v) is 6.91. The van der Waals surface area contributed by atoms with Crippen LogP contribution in [0.4, 0.5) is 0 Å². The van der Waals surface area contributed by atoms with Crippen molar-refractivity contribution in [3.8, 4) is 5.75 Å². The zero-order chi connectivity index (χ0) is 28.9. The van der Waals surface area contributed by atoms with E-state index < -0.39 is 41.3 Å². The summed E-state index contributed by atoms with van der Waals surface area (Å²) >= 11 is 0. The molecular weight excluding hydrogens is 514 g/mol. The molecule has 1 heterocycles. The van der Waals surface area contributed by atoms with E-state index in [1.807, 2.05) is 6.07 Å². The van der Waals surface area contributed by atoms with Crippen molar-refractivity contribution in [3.05, 3.63) is 57.6 Å². The van der Waals surface area contributed by atoms with Gasteiger partial charge < -0.3 is 31.3 Å². The molecule has 1 saturated carbocycles. The summed E-state index contributed by atoms with van der Waals surface area (Å²) in [6, 6.07) is 2.56. The molecule has 0 saturated heterocycles. The SMILES string of the molecule is CN(C)[C@H](/C(O)=C(/C(N)=O)C(O)O)[C@H]1CC(O)=C2C(=O)c3c(O)ccc(C4=CCN(CC5CC5)CC4)c3CC2C1. The molecule has 0 bridgehead atoms. The minimum atomic E-state index is -2.26. The van der Waals surface area contributed by atoms with Gasteiger partial charge in [-0.2, -0.15) is 0 Å². The van der Waals surface area contributed by atoms with Gasteiger partial charge in [0.15, 0.2) is 12.1 Å². The van der Waals surface area contributed by atoms with Crippen molar-refractivity contribution in [2.75, 3.05) is 33.7 Å². The first kappa shape index (κ1) is 28.4. The van der Waals surface area contributed by atoms with E-state index in [9.17, 15) is 35.1 Å². The van der Waals surface area contributed by atoms with Crippen LogP contribution in [0.25, 0.3) is 5.57 Å². The van der Waals surface area contributed by atoms with Crippen LogP contribution in [0.5, 0.6) is 5.75 Å². The first-order chi connectivity index (χ1) is 19.0. The maximum atomic E-state index is 13.7. The van der Waals surface area contributed by atoms with E-state index in [1.165, 1.54) is 12.8 Å².